The fourth-order valence-electron chi connectivity index (χ4n) is 3.57. The van der Waals surface area contributed by atoms with E-state index in [9.17, 15) is 18.8 Å². The summed E-state index contributed by atoms with van der Waals surface area (Å²) >= 11 is 0. The fourth-order valence-corrected chi connectivity index (χ4v) is 5.35. The lowest BCUT2D eigenvalue weighted by Crippen LogP contribution is -2.53. The van der Waals surface area contributed by atoms with E-state index in [0.717, 1.165) is 12.8 Å². The van der Waals surface area contributed by atoms with Crippen molar-refractivity contribution in [1.82, 2.24) is 4.31 Å². The average molecular weight is 336 g/mol. The van der Waals surface area contributed by atoms with Crippen LogP contribution < -0.4 is 0 Å². The van der Waals surface area contributed by atoms with Gasteiger partial charge in [-0.3, -0.25) is 0 Å². The predicted octanol–water partition coefficient (Wildman–Crippen LogP) is 1.11. The quantitative estimate of drug-likeness (QED) is 0.893. The van der Waals surface area contributed by atoms with E-state index in [0.29, 0.717) is 13.0 Å². The van der Waals surface area contributed by atoms with Gasteiger partial charge in [0.05, 0.1) is 35.8 Å². The molecule has 0 amide bonds. The highest BCUT2D eigenvalue weighted by atomic mass is 32.2. The zero-order valence-electron chi connectivity index (χ0n) is 12.8. The first-order valence-electron chi connectivity index (χ1n) is 7.82. The molecule has 1 N–H and O–H groups in total. The lowest BCUT2D eigenvalue weighted by Gasteiger charge is -2.39. The van der Waals surface area contributed by atoms with Crippen molar-refractivity contribution in [2.45, 2.75) is 36.3 Å². The molecule has 0 spiro atoms. The molecular formula is C16H20N2O4S. The SMILES string of the molecule is N#Cc1ccccc1S(=O)(=O)N1CCOC[C@@H]1[C@H]1CCC[C@@H]1O. The second kappa shape index (κ2) is 6.57. The van der Waals surface area contributed by atoms with Crippen molar-refractivity contribution < 1.29 is 18.3 Å². The highest BCUT2D eigenvalue weighted by Crippen LogP contribution is 2.35. The van der Waals surface area contributed by atoms with E-state index in [4.69, 9.17) is 4.74 Å². The summed E-state index contributed by atoms with van der Waals surface area (Å²) < 4.78 is 33.1. The van der Waals surface area contributed by atoms with Gasteiger partial charge in [-0.05, 0) is 25.0 Å². The van der Waals surface area contributed by atoms with Crippen LogP contribution >= 0.6 is 0 Å². The van der Waals surface area contributed by atoms with Crippen molar-refractivity contribution in [3.05, 3.63) is 29.8 Å². The Hall–Kier alpha value is -1.46. The summed E-state index contributed by atoms with van der Waals surface area (Å²) in [7, 11) is -3.80. The summed E-state index contributed by atoms with van der Waals surface area (Å²) in [6, 6.07) is 7.81. The number of hydrogen-bond acceptors (Lipinski definition) is 5. The number of ether oxygens (including phenoxy) is 1. The molecule has 1 aliphatic heterocycles. The first kappa shape index (κ1) is 16.4. The monoisotopic (exact) mass is 336 g/mol. The summed E-state index contributed by atoms with van der Waals surface area (Å²) in [4.78, 5) is 0.0295. The standard InChI is InChI=1S/C16H20N2O4S/c17-10-12-4-1-2-7-16(12)23(20,21)18-8-9-22-11-14(18)13-5-3-6-15(13)19/h1-2,4,7,13-15,19H,3,5-6,8-9,11H2/t13-,14-,15+/m1/s1. The second-order valence-corrected chi connectivity index (χ2v) is 7.89. The number of nitriles is 1. The number of benzene rings is 1. The van der Waals surface area contributed by atoms with Crippen molar-refractivity contribution in [2.75, 3.05) is 19.8 Å². The first-order valence-corrected chi connectivity index (χ1v) is 9.26. The minimum atomic E-state index is -3.80. The molecule has 23 heavy (non-hydrogen) atoms. The van der Waals surface area contributed by atoms with Crippen molar-refractivity contribution in [3.63, 3.8) is 0 Å². The molecule has 1 aromatic rings. The van der Waals surface area contributed by atoms with E-state index in [1.807, 2.05) is 6.07 Å². The van der Waals surface area contributed by atoms with Gasteiger partial charge in [0.2, 0.25) is 10.0 Å². The van der Waals surface area contributed by atoms with Crippen LogP contribution in [0.2, 0.25) is 0 Å². The maximum absolute atomic E-state index is 13.1. The Morgan fingerprint density at radius 2 is 2.09 bits per heavy atom. The number of nitrogens with zero attached hydrogens (tertiary/aromatic N) is 2. The Bertz CT molecular complexity index is 713. The molecule has 2 fully saturated rings. The van der Waals surface area contributed by atoms with Crippen molar-refractivity contribution in [1.29, 1.82) is 5.26 Å². The van der Waals surface area contributed by atoms with Gasteiger partial charge in [-0.25, -0.2) is 8.42 Å². The topological polar surface area (TPSA) is 90.6 Å². The second-order valence-electron chi connectivity index (χ2n) is 6.03. The third-order valence-electron chi connectivity index (χ3n) is 4.73. The number of hydrogen-bond donors (Lipinski definition) is 1. The van der Waals surface area contributed by atoms with Crippen LogP contribution in [0.25, 0.3) is 0 Å². The van der Waals surface area contributed by atoms with Crippen LogP contribution in [-0.4, -0.2) is 49.7 Å². The van der Waals surface area contributed by atoms with Crippen LogP contribution in [-0.2, 0) is 14.8 Å². The molecule has 7 heteroatoms. The number of rotatable bonds is 3. The molecule has 0 bridgehead atoms. The van der Waals surface area contributed by atoms with E-state index in [1.54, 1.807) is 12.1 Å². The lowest BCUT2D eigenvalue weighted by molar-refractivity contribution is -0.0148. The maximum Gasteiger partial charge on any atom is 0.244 e. The van der Waals surface area contributed by atoms with Crippen LogP contribution in [0.1, 0.15) is 24.8 Å². The van der Waals surface area contributed by atoms with Crippen LogP contribution in [0.15, 0.2) is 29.2 Å². The van der Waals surface area contributed by atoms with Crippen LogP contribution in [0.5, 0.6) is 0 Å². The van der Waals surface area contributed by atoms with E-state index < -0.39 is 16.1 Å². The molecule has 6 nitrogen and oxygen atoms in total. The first-order chi connectivity index (χ1) is 11.1. The van der Waals surface area contributed by atoms with E-state index >= 15 is 0 Å². The molecular weight excluding hydrogens is 316 g/mol. The summed E-state index contributed by atoms with van der Waals surface area (Å²) in [6.45, 7) is 0.860. The smallest absolute Gasteiger partial charge is 0.244 e. The number of morpholine rings is 1. The van der Waals surface area contributed by atoms with Gasteiger partial charge in [-0.1, -0.05) is 18.6 Å². The summed E-state index contributed by atoms with van der Waals surface area (Å²) in [5, 5.41) is 19.4. The molecule has 124 valence electrons. The Labute approximate surface area is 136 Å². The normalized spacial score (nSPS) is 29.3. The molecule has 3 rings (SSSR count). The third kappa shape index (κ3) is 3.00. The highest BCUT2D eigenvalue weighted by Gasteiger charge is 2.43. The molecule has 1 aliphatic carbocycles. The molecule has 1 heterocycles. The lowest BCUT2D eigenvalue weighted by atomic mass is 9.96. The number of sulfonamides is 1. The molecule has 2 aliphatic rings. The minimum Gasteiger partial charge on any atom is -0.393 e. The van der Waals surface area contributed by atoms with Gasteiger partial charge in [-0.15, -0.1) is 0 Å². The Morgan fingerprint density at radius 3 is 2.78 bits per heavy atom. The zero-order valence-corrected chi connectivity index (χ0v) is 13.6. The molecule has 0 unspecified atom stereocenters. The van der Waals surface area contributed by atoms with Crippen molar-refractivity contribution in [3.8, 4) is 6.07 Å². The largest absolute Gasteiger partial charge is 0.393 e. The van der Waals surface area contributed by atoms with Gasteiger partial charge >= 0.3 is 0 Å². The van der Waals surface area contributed by atoms with Gasteiger partial charge < -0.3 is 9.84 Å². The van der Waals surface area contributed by atoms with Crippen molar-refractivity contribution in [2.24, 2.45) is 5.92 Å². The molecule has 0 radical (unpaired) electrons. The Balaban J connectivity index is 1.98. The average Bonchev–Trinajstić information content (AvgIpc) is 3.00. The number of aliphatic hydroxyl groups excluding tert-OH is 1. The highest BCUT2D eigenvalue weighted by molar-refractivity contribution is 7.89. The fraction of sp³-hybridized carbons (Fsp3) is 0.562. The van der Waals surface area contributed by atoms with Gasteiger partial charge in [0, 0.05) is 12.5 Å². The summed E-state index contributed by atoms with van der Waals surface area (Å²) in [5.74, 6) is -0.112. The molecule has 0 aromatic heterocycles. The Morgan fingerprint density at radius 1 is 1.30 bits per heavy atom. The van der Waals surface area contributed by atoms with Crippen LogP contribution in [0.3, 0.4) is 0 Å². The zero-order chi connectivity index (χ0) is 16.4. The maximum atomic E-state index is 13.1. The van der Waals surface area contributed by atoms with Gasteiger partial charge in [0.1, 0.15) is 6.07 Å². The van der Waals surface area contributed by atoms with Gasteiger partial charge in [0.15, 0.2) is 0 Å². The predicted molar refractivity (Wildman–Crippen MR) is 83.0 cm³/mol. The van der Waals surface area contributed by atoms with Crippen LogP contribution in [0.4, 0.5) is 0 Å². The number of aliphatic hydroxyl groups is 1. The summed E-state index contributed by atoms with van der Waals surface area (Å²) in [6.07, 6.45) is 1.89. The minimum absolute atomic E-state index is 0.0295. The van der Waals surface area contributed by atoms with Crippen molar-refractivity contribution >= 4 is 10.0 Å². The summed E-state index contributed by atoms with van der Waals surface area (Å²) in [5.41, 5.74) is 0.143. The third-order valence-corrected chi connectivity index (χ3v) is 6.72. The van der Waals surface area contributed by atoms with E-state index in [-0.39, 0.29) is 35.6 Å². The van der Waals surface area contributed by atoms with Gasteiger partial charge in [0.25, 0.3) is 0 Å². The van der Waals surface area contributed by atoms with E-state index in [1.165, 1.54) is 16.4 Å². The van der Waals surface area contributed by atoms with Gasteiger partial charge in [-0.2, -0.15) is 9.57 Å². The molecule has 1 saturated heterocycles. The van der Waals surface area contributed by atoms with Crippen LogP contribution in [0, 0.1) is 17.2 Å². The molecule has 1 aromatic carbocycles. The molecule has 3 atom stereocenters. The Kier molecular flexibility index (Phi) is 4.69. The van der Waals surface area contributed by atoms with E-state index in [2.05, 4.69) is 0 Å². The molecule has 1 saturated carbocycles.